The number of carbonyl (C=O) groups excluding carboxylic acids is 1. The highest BCUT2D eigenvalue weighted by atomic mass is 32.2. The summed E-state index contributed by atoms with van der Waals surface area (Å²) in [4.78, 5) is 14.2. The lowest BCUT2D eigenvalue weighted by Gasteiger charge is -2.22. The number of para-hydroxylation sites is 2. The molecule has 0 spiro atoms. The van der Waals surface area contributed by atoms with E-state index < -0.39 is 15.6 Å². The van der Waals surface area contributed by atoms with Gasteiger partial charge in [0.15, 0.2) is 11.5 Å². The Hall–Kier alpha value is -2.78. The summed E-state index contributed by atoms with van der Waals surface area (Å²) in [6, 6.07) is 11.6. The number of rotatable bonds is 9. The van der Waals surface area contributed by atoms with Gasteiger partial charge in [-0.2, -0.15) is 0 Å². The lowest BCUT2D eigenvalue weighted by molar-refractivity contribution is 0.0773. The molecule has 1 amide bonds. The van der Waals surface area contributed by atoms with E-state index in [1.807, 2.05) is 12.1 Å². The first-order valence-corrected chi connectivity index (χ1v) is 11.2. The quantitative estimate of drug-likeness (QED) is 0.631. The van der Waals surface area contributed by atoms with Crippen LogP contribution in [0.4, 0.5) is 0 Å². The zero-order valence-electron chi connectivity index (χ0n) is 18.8. The Morgan fingerprint density at radius 3 is 2.19 bits per heavy atom. The number of benzene rings is 2. The molecular formula is C22H30N2O6S. The van der Waals surface area contributed by atoms with Crippen molar-refractivity contribution in [3.63, 3.8) is 0 Å². The minimum Gasteiger partial charge on any atom is -0.495 e. The molecule has 170 valence electrons. The van der Waals surface area contributed by atoms with Crippen molar-refractivity contribution in [1.29, 1.82) is 0 Å². The highest BCUT2D eigenvalue weighted by Crippen LogP contribution is 2.27. The minimum atomic E-state index is -3.89. The molecule has 2 aromatic rings. The van der Waals surface area contributed by atoms with Gasteiger partial charge in [-0.05, 0) is 51.1 Å². The summed E-state index contributed by atoms with van der Waals surface area (Å²) < 4.78 is 44.4. The third-order valence-electron chi connectivity index (χ3n) is 4.24. The van der Waals surface area contributed by atoms with Gasteiger partial charge in [0.2, 0.25) is 10.0 Å². The number of sulfonamides is 1. The molecule has 0 radical (unpaired) electrons. The zero-order valence-corrected chi connectivity index (χ0v) is 19.6. The van der Waals surface area contributed by atoms with Gasteiger partial charge in [-0.15, -0.1) is 0 Å². The van der Waals surface area contributed by atoms with Crippen LogP contribution in [0.5, 0.6) is 17.2 Å². The van der Waals surface area contributed by atoms with Crippen LogP contribution in [0, 0.1) is 0 Å². The van der Waals surface area contributed by atoms with Crippen molar-refractivity contribution in [3.05, 3.63) is 48.0 Å². The summed E-state index contributed by atoms with van der Waals surface area (Å²) in [5.41, 5.74) is -0.453. The molecule has 0 aromatic heterocycles. The lowest BCUT2D eigenvalue weighted by Crippen LogP contribution is -2.40. The molecule has 0 fully saturated rings. The number of amides is 1. The third-order valence-corrected chi connectivity index (χ3v) is 6.02. The van der Waals surface area contributed by atoms with E-state index in [2.05, 4.69) is 4.72 Å². The smallest absolute Gasteiger partial charge is 0.253 e. The molecule has 2 rings (SSSR count). The van der Waals surface area contributed by atoms with E-state index in [9.17, 15) is 13.2 Å². The highest BCUT2D eigenvalue weighted by Gasteiger charge is 2.27. The fourth-order valence-corrected chi connectivity index (χ4v) is 4.44. The monoisotopic (exact) mass is 450 g/mol. The first-order valence-electron chi connectivity index (χ1n) is 9.72. The Balaban J connectivity index is 2.15. The number of likely N-dealkylation sites (N-methyl/N-ethyl adjacent to an activating group) is 1. The predicted octanol–water partition coefficient (Wildman–Crippen LogP) is 2.93. The van der Waals surface area contributed by atoms with Gasteiger partial charge in [-0.3, -0.25) is 4.79 Å². The molecule has 9 heteroatoms. The number of nitrogens with zero attached hydrogens (tertiary/aromatic N) is 1. The Kier molecular flexibility index (Phi) is 7.91. The summed E-state index contributed by atoms with van der Waals surface area (Å²) in [6.45, 7) is 5.76. The van der Waals surface area contributed by atoms with Crippen LogP contribution >= 0.6 is 0 Å². The number of carbonyl (C=O) groups is 1. The Morgan fingerprint density at radius 1 is 1.00 bits per heavy atom. The summed E-state index contributed by atoms with van der Waals surface area (Å²) in [7, 11) is 0.678. The van der Waals surface area contributed by atoms with Crippen molar-refractivity contribution in [1.82, 2.24) is 9.62 Å². The van der Waals surface area contributed by atoms with Crippen LogP contribution in [-0.2, 0) is 10.0 Å². The van der Waals surface area contributed by atoms with E-state index in [0.29, 0.717) is 18.0 Å². The molecule has 0 heterocycles. The third kappa shape index (κ3) is 6.60. The van der Waals surface area contributed by atoms with Crippen LogP contribution in [0.15, 0.2) is 47.4 Å². The standard InChI is InChI=1S/C22H30N2O6S/c1-22(2,3)23-31(26,27)20-15-16(11-12-19(20)29-6)21(25)24(4)13-14-30-18-10-8-7-9-17(18)28-5/h7-12,15,23H,13-14H2,1-6H3. The fraction of sp³-hybridized carbons (Fsp3) is 0.409. The lowest BCUT2D eigenvalue weighted by atomic mass is 10.1. The minimum absolute atomic E-state index is 0.0885. The molecule has 0 atom stereocenters. The van der Waals surface area contributed by atoms with Gasteiger partial charge < -0.3 is 19.1 Å². The molecular weight excluding hydrogens is 420 g/mol. The van der Waals surface area contributed by atoms with Crippen molar-refractivity contribution in [2.75, 3.05) is 34.4 Å². The average molecular weight is 451 g/mol. The first kappa shape index (κ1) is 24.5. The molecule has 31 heavy (non-hydrogen) atoms. The fourth-order valence-electron chi connectivity index (χ4n) is 2.83. The SMILES string of the molecule is COc1ccccc1OCCN(C)C(=O)c1ccc(OC)c(S(=O)(=O)NC(C)(C)C)c1. The van der Waals surface area contributed by atoms with Gasteiger partial charge in [-0.1, -0.05) is 12.1 Å². The zero-order chi connectivity index (χ0) is 23.2. The van der Waals surface area contributed by atoms with Crippen LogP contribution in [0.1, 0.15) is 31.1 Å². The maximum Gasteiger partial charge on any atom is 0.253 e. The number of methoxy groups -OCH3 is 2. The largest absolute Gasteiger partial charge is 0.495 e. The molecule has 0 aliphatic carbocycles. The average Bonchev–Trinajstić information content (AvgIpc) is 2.71. The van der Waals surface area contributed by atoms with Crippen molar-refractivity contribution in [2.45, 2.75) is 31.2 Å². The second kappa shape index (κ2) is 10.0. The normalized spacial score (nSPS) is 11.7. The van der Waals surface area contributed by atoms with E-state index >= 15 is 0 Å². The second-order valence-electron chi connectivity index (χ2n) is 7.95. The molecule has 0 saturated carbocycles. The van der Waals surface area contributed by atoms with E-state index in [1.54, 1.807) is 47.1 Å². The van der Waals surface area contributed by atoms with Gasteiger partial charge in [-0.25, -0.2) is 13.1 Å². The topological polar surface area (TPSA) is 94.2 Å². The van der Waals surface area contributed by atoms with E-state index in [1.165, 1.54) is 30.2 Å². The van der Waals surface area contributed by atoms with Crippen LogP contribution < -0.4 is 18.9 Å². The maximum atomic E-state index is 12.9. The second-order valence-corrected chi connectivity index (χ2v) is 9.60. The van der Waals surface area contributed by atoms with Gasteiger partial charge >= 0.3 is 0 Å². The summed E-state index contributed by atoms with van der Waals surface area (Å²) in [6.07, 6.45) is 0. The number of hydrogen-bond acceptors (Lipinski definition) is 6. The van der Waals surface area contributed by atoms with E-state index in [4.69, 9.17) is 14.2 Å². The van der Waals surface area contributed by atoms with Crippen molar-refractivity contribution >= 4 is 15.9 Å². The Bertz CT molecular complexity index is 1010. The molecule has 0 aliphatic heterocycles. The van der Waals surface area contributed by atoms with Crippen molar-refractivity contribution < 1.29 is 27.4 Å². The van der Waals surface area contributed by atoms with Gasteiger partial charge in [0.1, 0.15) is 17.3 Å². The molecule has 8 nitrogen and oxygen atoms in total. The van der Waals surface area contributed by atoms with Gasteiger partial charge in [0.05, 0.1) is 20.8 Å². The molecule has 0 aliphatic rings. The van der Waals surface area contributed by atoms with Crippen molar-refractivity contribution in [3.8, 4) is 17.2 Å². The highest BCUT2D eigenvalue weighted by molar-refractivity contribution is 7.89. The molecule has 0 unspecified atom stereocenters. The Labute approximate surface area is 184 Å². The first-order chi connectivity index (χ1) is 14.5. The van der Waals surface area contributed by atoms with Crippen LogP contribution in [-0.4, -0.2) is 59.2 Å². The van der Waals surface area contributed by atoms with E-state index in [-0.39, 0.29) is 28.7 Å². The predicted molar refractivity (Wildman–Crippen MR) is 119 cm³/mol. The Morgan fingerprint density at radius 2 is 1.61 bits per heavy atom. The molecule has 0 bridgehead atoms. The summed E-state index contributed by atoms with van der Waals surface area (Å²) in [5, 5.41) is 0. The molecule has 2 aromatic carbocycles. The van der Waals surface area contributed by atoms with Crippen LogP contribution in [0.25, 0.3) is 0 Å². The van der Waals surface area contributed by atoms with Gasteiger partial charge in [0.25, 0.3) is 5.91 Å². The van der Waals surface area contributed by atoms with Gasteiger partial charge in [0, 0.05) is 18.2 Å². The summed E-state index contributed by atoms with van der Waals surface area (Å²) in [5.74, 6) is 1.01. The maximum absolute atomic E-state index is 12.9. The molecule has 0 saturated heterocycles. The number of ether oxygens (including phenoxy) is 3. The number of nitrogens with one attached hydrogen (secondary N) is 1. The van der Waals surface area contributed by atoms with Crippen LogP contribution in [0.3, 0.4) is 0 Å². The van der Waals surface area contributed by atoms with E-state index in [0.717, 1.165) is 0 Å². The molecule has 1 N–H and O–H groups in total. The van der Waals surface area contributed by atoms with Crippen molar-refractivity contribution in [2.24, 2.45) is 0 Å². The summed E-state index contributed by atoms with van der Waals surface area (Å²) >= 11 is 0. The number of hydrogen-bond donors (Lipinski definition) is 1. The van der Waals surface area contributed by atoms with Crippen LogP contribution in [0.2, 0.25) is 0 Å².